The average molecular weight is 717 g/mol. The maximum atomic E-state index is 5.17. The molecule has 0 aliphatic heterocycles. The van der Waals surface area contributed by atoms with E-state index in [1.54, 1.807) is 12.4 Å². The minimum Gasteiger partial charge on any atom is -0.265 e. The van der Waals surface area contributed by atoms with Gasteiger partial charge in [-0.1, -0.05) is 152 Å². The summed E-state index contributed by atoms with van der Waals surface area (Å²) in [6.07, 6.45) is 3.57. The zero-order chi connectivity index (χ0) is 37.3. The van der Waals surface area contributed by atoms with Crippen molar-refractivity contribution in [3.63, 3.8) is 0 Å². The third kappa shape index (κ3) is 6.46. The molecule has 3 heterocycles. The zero-order valence-electron chi connectivity index (χ0n) is 30.2. The predicted molar refractivity (Wildman–Crippen MR) is 226 cm³/mol. The minimum atomic E-state index is 0.610. The highest BCUT2D eigenvalue weighted by Gasteiger charge is 2.16. The first-order valence-corrected chi connectivity index (χ1v) is 18.5. The lowest BCUT2D eigenvalue weighted by atomic mass is 10.00. The highest BCUT2D eigenvalue weighted by molar-refractivity contribution is 5.89. The van der Waals surface area contributed by atoms with Crippen molar-refractivity contribution in [1.29, 1.82) is 0 Å². The van der Waals surface area contributed by atoms with E-state index in [0.717, 1.165) is 66.9 Å². The Kier molecular flexibility index (Phi) is 8.39. The first-order chi connectivity index (χ1) is 27.7. The van der Waals surface area contributed by atoms with Crippen LogP contribution in [0.15, 0.2) is 194 Å². The standard InChI is InChI=1S/C50H32N6/c1-3-10-36(11-4-1)46-47(37-27-29-51-30-28-37)53-45-32-43(25-26-44(45)52-46)35-17-22-40(23-18-35)50-55-48(38-12-5-2-6-13-38)54-49(56-50)39-20-15-34(16-21-39)42-24-19-33-9-7-8-14-41(33)31-42/h1-32H. The first kappa shape index (κ1) is 32.9. The fourth-order valence-electron chi connectivity index (χ4n) is 7.09. The van der Waals surface area contributed by atoms with Crippen LogP contribution in [0.5, 0.6) is 0 Å². The van der Waals surface area contributed by atoms with Crippen LogP contribution in [0.1, 0.15) is 0 Å². The van der Waals surface area contributed by atoms with Crippen molar-refractivity contribution in [1.82, 2.24) is 29.9 Å². The second-order valence-corrected chi connectivity index (χ2v) is 13.6. The second kappa shape index (κ2) is 14.3. The van der Waals surface area contributed by atoms with Crippen LogP contribution in [0, 0.1) is 0 Å². The number of benzene rings is 7. The average Bonchev–Trinajstić information content (AvgIpc) is 3.29. The summed E-state index contributed by atoms with van der Waals surface area (Å²) >= 11 is 0. The third-order valence-electron chi connectivity index (χ3n) is 10.0. The number of rotatable bonds is 7. The van der Waals surface area contributed by atoms with E-state index >= 15 is 0 Å². The molecule has 10 rings (SSSR count). The van der Waals surface area contributed by atoms with Crippen molar-refractivity contribution in [3.8, 4) is 78.9 Å². The molecule has 262 valence electrons. The smallest absolute Gasteiger partial charge is 0.164 e. The van der Waals surface area contributed by atoms with E-state index in [1.807, 2.05) is 66.7 Å². The molecule has 7 aromatic carbocycles. The SMILES string of the molecule is c1ccc(-c2nc(-c3ccc(-c4ccc5ccccc5c4)cc3)nc(-c3ccc(-c4ccc5nc(-c6ccccc6)c(-c6ccncc6)nc5c4)cc3)n2)cc1. The Morgan fingerprint density at radius 2 is 0.679 bits per heavy atom. The lowest BCUT2D eigenvalue weighted by Crippen LogP contribution is -2.00. The molecule has 3 aromatic heterocycles. The minimum absolute atomic E-state index is 0.610. The van der Waals surface area contributed by atoms with Gasteiger partial charge in [-0.05, 0) is 63.4 Å². The maximum absolute atomic E-state index is 5.17. The number of hydrogen-bond donors (Lipinski definition) is 0. The van der Waals surface area contributed by atoms with Crippen LogP contribution in [-0.4, -0.2) is 29.9 Å². The van der Waals surface area contributed by atoms with E-state index in [9.17, 15) is 0 Å². The lowest BCUT2D eigenvalue weighted by Gasteiger charge is -2.12. The van der Waals surface area contributed by atoms with Crippen molar-refractivity contribution >= 4 is 21.8 Å². The molecule has 0 atom stereocenters. The largest absolute Gasteiger partial charge is 0.265 e. The molecule has 56 heavy (non-hydrogen) atoms. The van der Waals surface area contributed by atoms with Gasteiger partial charge in [0.25, 0.3) is 0 Å². The second-order valence-electron chi connectivity index (χ2n) is 13.6. The van der Waals surface area contributed by atoms with E-state index in [-0.39, 0.29) is 0 Å². The van der Waals surface area contributed by atoms with E-state index < -0.39 is 0 Å². The Morgan fingerprint density at radius 1 is 0.250 bits per heavy atom. The monoisotopic (exact) mass is 716 g/mol. The van der Waals surface area contributed by atoms with Crippen LogP contribution in [0.2, 0.25) is 0 Å². The highest BCUT2D eigenvalue weighted by atomic mass is 15.0. The molecule has 0 saturated heterocycles. The Hall–Kier alpha value is -7.70. The summed E-state index contributed by atoms with van der Waals surface area (Å²) in [5, 5.41) is 2.45. The summed E-state index contributed by atoms with van der Waals surface area (Å²) in [5.74, 6) is 1.86. The molecule has 0 saturated carbocycles. The van der Waals surface area contributed by atoms with Crippen LogP contribution in [0.25, 0.3) is 101 Å². The van der Waals surface area contributed by atoms with E-state index in [0.29, 0.717) is 17.5 Å². The van der Waals surface area contributed by atoms with Crippen molar-refractivity contribution in [2.75, 3.05) is 0 Å². The number of pyridine rings is 1. The van der Waals surface area contributed by atoms with Gasteiger partial charge in [0.05, 0.1) is 22.4 Å². The summed E-state index contributed by atoms with van der Waals surface area (Å²) in [6, 6.07) is 62.3. The van der Waals surface area contributed by atoms with Crippen LogP contribution in [-0.2, 0) is 0 Å². The Morgan fingerprint density at radius 3 is 1.29 bits per heavy atom. The maximum Gasteiger partial charge on any atom is 0.164 e. The van der Waals surface area contributed by atoms with Crippen LogP contribution in [0.4, 0.5) is 0 Å². The molecule has 6 heteroatoms. The molecule has 0 aliphatic carbocycles. The molecule has 0 unspecified atom stereocenters. The number of hydrogen-bond acceptors (Lipinski definition) is 6. The molecule has 0 bridgehead atoms. The summed E-state index contributed by atoms with van der Waals surface area (Å²) in [5.41, 5.74) is 12.4. The van der Waals surface area contributed by atoms with Crippen LogP contribution in [0.3, 0.4) is 0 Å². The molecule has 10 aromatic rings. The molecule has 0 spiro atoms. The van der Waals surface area contributed by atoms with Gasteiger partial charge in [0.2, 0.25) is 0 Å². The van der Waals surface area contributed by atoms with Gasteiger partial charge in [0.15, 0.2) is 17.5 Å². The van der Waals surface area contributed by atoms with Gasteiger partial charge in [0.1, 0.15) is 0 Å². The fraction of sp³-hybridized carbons (Fsp3) is 0. The van der Waals surface area contributed by atoms with Crippen molar-refractivity contribution in [2.24, 2.45) is 0 Å². The summed E-state index contributed by atoms with van der Waals surface area (Å²) < 4.78 is 0. The molecular formula is C50H32N6. The molecule has 0 N–H and O–H groups in total. The quantitative estimate of drug-likeness (QED) is 0.163. The van der Waals surface area contributed by atoms with Gasteiger partial charge in [0, 0.05) is 40.2 Å². The van der Waals surface area contributed by atoms with Crippen LogP contribution >= 0.6 is 0 Å². The van der Waals surface area contributed by atoms with Gasteiger partial charge < -0.3 is 0 Å². The van der Waals surface area contributed by atoms with E-state index in [2.05, 4.69) is 120 Å². The molecule has 0 aliphatic rings. The summed E-state index contributed by atoms with van der Waals surface area (Å²) in [6.45, 7) is 0. The molecule has 0 amide bonds. The van der Waals surface area contributed by atoms with Crippen molar-refractivity contribution in [2.45, 2.75) is 0 Å². The van der Waals surface area contributed by atoms with Crippen LogP contribution < -0.4 is 0 Å². The zero-order valence-corrected chi connectivity index (χ0v) is 30.2. The normalized spacial score (nSPS) is 11.2. The highest BCUT2D eigenvalue weighted by Crippen LogP contribution is 2.34. The van der Waals surface area contributed by atoms with E-state index in [4.69, 9.17) is 24.9 Å². The van der Waals surface area contributed by atoms with Gasteiger partial charge in [-0.3, -0.25) is 4.98 Å². The molecule has 0 radical (unpaired) electrons. The lowest BCUT2D eigenvalue weighted by molar-refractivity contribution is 1.07. The van der Waals surface area contributed by atoms with Gasteiger partial charge in [-0.25, -0.2) is 24.9 Å². The number of aromatic nitrogens is 6. The number of fused-ring (bicyclic) bond motifs is 2. The Balaban J connectivity index is 0.996. The number of nitrogens with zero attached hydrogens (tertiary/aromatic N) is 6. The van der Waals surface area contributed by atoms with Gasteiger partial charge in [-0.15, -0.1) is 0 Å². The summed E-state index contributed by atoms with van der Waals surface area (Å²) in [7, 11) is 0. The van der Waals surface area contributed by atoms with Crippen molar-refractivity contribution in [3.05, 3.63) is 194 Å². The third-order valence-corrected chi connectivity index (χ3v) is 10.0. The van der Waals surface area contributed by atoms with Gasteiger partial charge in [-0.2, -0.15) is 0 Å². The molecule has 6 nitrogen and oxygen atoms in total. The summed E-state index contributed by atoms with van der Waals surface area (Å²) in [4.78, 5) is 29.4. The topological polar surface area (TPSA) is 77.3 Å². The molecule has 0 fully saturated rings. The van der Waals surface area contributed by atoms with Gasteiger partial charge >= 0.3 is 0 Å². The molecular weight excluding hydrogens is 685 g/mol. The van der Waals surface area contributed by atoms with Crippen molar-refractivity contribution < 1.29 is 0 Å². The fourth-order valence-corrected chi connectivity index (χ4v) is 7.09. The first-order valence-electron chi connectivity index (χ1n) is 18.5. The Bertz CT molecular complexity index is 2990. The predicted octanol–water partition coefficient (Wildman–Crippen LogP) is 12.0. The van der Waals surface area contributed by atoms with E-state index in [1.165, 1.54) is 16.3 Å². The Labute approximate surface area is 324 Å².